The van der Waals surface area contributed by atoms with Crippen LogP contribution in [-0.2, 0) is 16.1 Å². The number of H-pyrrole nitrogens is 1. The number of rotatable bonds is 2. The van der Waals surface area contributed by atoms with Crippen LogP contribution in [-0.4, -0.2) is 28.0 Å². The van der Waals surface area contributed by atoms with Crippen molar-refractivity contribution < 1.29 is 14.1 Å². The lowest BCUT2D eigenvalue weighted by Gasteiger charge is -1.96. The highest BCUT2D eigenvalue weighted by Gasteiger charge is 2.19. The van der Waals surface area contributed by atoms with Crippen molar-refractivity contribution in [3.05, 3.63) is 16.8 Å². The summed E-state index contributed by atoms with van der Waals surface area (Å²) in [5.74, 6) is -0.392. The number of halogens is 2. The minimum atomic E-state index is -0.392. The summed E-state index contributed by atoms with van der Waals surface area (Å²) in [6, 6.07) is 0. The molecule has 6 nitrogen and oxygen atoms in total. The molecule has 0 spiro atoms. The number of nitrogens with zero attached hydrogens (tertiary/aromatic N) is 3. The highest BCUT2D eigenvalue weighted by molar-refractivity contribution is 6.35. The van der Waals surface area contributed by atoms with Gasteiger partial charge in [-0.15, -0.1) is 0 Å². The molecular weight excluding hydrogens is 255 g/mol. The molecule has 0 aliphatic carbocycles. The highest BCUT2D eigenvalue weighted by atomic mass is 35.5. The number of nitrogens with one attached hydrogen (secondary N) is 1. The maximum absolute atomic E-state index is 11.1. The molecule has 0 saturated carbocycles. The minimum absolute atomic E-state index is 0.0238. The second-order valence-corrected chi connectivity index (χ2v) is 3.66. The lowest BCUT2D eigenvalue weighted by molar-refractivity contribution is -0.661. The standard InChI is InChI=1S/C8H6Cl2N4O2/c1-16-4(15)2-14-3-11-5-6(9)12-8(10)13-7(5)14/h3H,2H2,1H3/p+1. The second kappa shape index (κ2) is 4.23. The molecule has 2 aromatic heterocycles. The SMILES string of the molecule is COC(=O)C[n+]1c[nH]c2c(Cl)nc(Cl)nc21. The molecular formula is C8H7Cl2N4O2+. The van der Waals surface area contributed by atoms with E-state index in [0.29, 0.717) is 11.2 Å². The van der Waals surface area contributed by atoms with E-state index in [0.717, 1.165) is 0 Å². The molecule has 1 N–H and O–H groups in total. The van der Waals surface area contributed by atoms with Crippen LogP contribution >= 0.6 is 23.2 Å². The van der Waals surface area contributed by atoms with E-state index in [4.69, 9.17) is 23.2 Å². The average Bonchev–Trinajstić information content (AvgIpc) is 2.61. The molecule has 0 atom stereocenters. The maximum atomic E-state index is 11.1. The van der Waals surface area contributed by atoms with E-state index in [9.17, 15) is 4.79 Å². The molecule has 84 valence electrons. The van der Waals surface area contributed by atoms with Crippen LogP contribution in [0.25, 0.3) is 11.2 Å². The number of esters is 1. The van der Waals surface area contributed by atoms with Crippen LogP contribution in [0.2, 0.25) is 10.4 Å². The van der Waals surface area contributed by atoms with Crippen molar-refractivity contribution in [3.8, 4) is 0 Å². The summed E-state index contributed by atoms with van der Waals surface area (Å²) in [6.45, 7) is 0.0279. The zero-order chi connectivity index (χ0) is 11.7. The van der Waals surface area contributed by atoms with Gasteiger partial charge in [-0.25, -0.2) is 9.36 Å². The van der Waals surface area contributed by atoms with E-state index in [1.807, 2.05) is 0 Å². The number of fused-ring (bicyclic) bond motifs is 1. The molecule has 0 bridgehead atoms. The summed E-state index contributed by atoms with van der Waals surface area (Å²) in [6.07, 6.45) is 1.55. The van der Waals surface area contributed by atoms with Crippen molar-refractivity contribution in [2.45, 2.75) is 6.54 Å². The first-order valence-electron chi connectivity index (χ1n) is 4.28. The third-order valence-corrected chi connectivity index (χ3v) is 2.42. The van der Waals surface area contributed by atoms with E-state index in [2.05, 4.69) is 19.7 Å². The van der Waals surface area contributed by atoms with Crippen molar-refractivity contribution in [3.63, 3.8) is 0 Å². The summed E-state index contributed by atoms with van der Waals surface area (Å²) in [5, 5.41) is 0.231. The molecule has 0 aromatic carbocycles. The van der Waals surface area contributed by atoms with E-state index in [-0.39, 0.29) is 17.0 Å². The Hall–Kier alpha value is -1.40. The van der Waals surface area contributed by atoms with Gasteiger partial charge in [-0.2, -0.15) is 4.98 Å². The van der Waals surface area contributed by atoms with Gasteiger partial charge in [0.25, 0.3) is 0 Å². The summed E-state index contributed by atoms with van der Waals surface area (Å²) < 4.78 is 6.09. The maximum Gasteiger partial charge on any atom is 0.340 e. The molecule has 0 amide bonds. The first-order valence-corrected chi connectivity index (χ1v) is 5.04. The molecule has 0 radical (unpaired) electrons. The number of ether oxygens (including phenoxy) is 1. The number of hydrogen-bond acceptors (Lipinski definition) is 4. The molecule has 16 heavy (non-hydrogen) atoms. The number of imidazole rings is 1. The summed E-state index contributed by atoms with van der Waals surface area (Å²) >= 11 is 11.5. The van der Waals surface area contributed by atoms with Crippen LogP contribution in [0.15, 0.2) is 6.33 Å². The normalized spacial score (nSPS) is 10.7. The van der Waals surface area contributed by atoms with Crippen molar-refractivity contribution in [2.24, 2.45) is 0 Å². The first kappa shape index (κ1) is 11.1. The molecule has 2 rings (SSSR count). The zero-order valence-electron chi connectivity index (χ0n) is 8.20. The fraction of sp³-hybridized carbons (Fsp3) is 0.250. The largest absolute Gasteiger partial charge is 0.467 e. The van der Waals surface area contributed by atoms with Crippen LogP contribution in [0.4, 0.5) is 0 Å². The summed E-state index contributed by atoms with van der Waals surface area (Å²) in [5.41, 5.74) is 0.977. The van der Waals surface area contributed by atoms with Gasteiger partial charge >= 0.3 is 16.9 Å². The van der Waals surface area contributed by atoms with Crippen LogP contribution < -0.4 is 4.57 Å². The van der Waals surface area contributed by atoms with Gasteiger partial charge in [-0.05, 0) is 11.6 Å². The van der Waals surface area contributed by atoms with E-state index in [1.165, 1.54) is 7.11 Å². The van der Waals surface area contributed by atoms with Crippen LogP contribution in [0, 0.1) is 0 Å². The smallest absolute Gasteiger partial charge is 0.340 e. The lowest BCUT2D eigenvalue weighted by atomic mass is 10.5. The summed E-state index contributed by atoms with van der Waals surface area (Å²) in [7, 11) is 1.31. The fourth-order valence-electron chi connectivity index (χ4n) is 1.26. The molecule has 2 aromatic rings. The van der Waals surface area contributed by atoms with Gasteiger partial charge in [-0.1, -0.05) is 16.6 Å². The summed E-state index contributed by atoms with van der Waals surface area (Å²) in [4.78, 5) is 21.7. The van der Waals surface area contributed by atoms with Crippen molar-refractivity contribution >= 4 is 40.3 Å². The number of methoxy groups -OCH3 is 1. The Labute approximate surface area is 100 Å². The fourth-order valence-corrected chi connectivity index (χ4v) is 1.68. The van der Waals surface area contributed by atoms with Gasteiger partial charge in [0.05, 0.1) is 7.11 Å². The monoisotopic (exact) mass is 261 g/mol. The third kappa shape index (κ3) is 1.94. The topological polar surface area (TPSA) is 71.8 Å². The number of carbonyl (C=O) groups is 1. The molecule has 0 aliphatic rings. The molecule has 0 fully saturated rings. The van der Waals surface area contributed by atoms with Gasteiger partial charge < -0.3 is 4.74 Å². The van der Waals surface area contributed by atoms with Crippen molar-refractivity contribution in [1.82, 2.24) is 15.0 Å². The van der Waals surface area contributed by atoms with Gasteiger partial charge in [0.2, 0.25) is 5.52 Å². The Kier molecular flexibility index (Phi) is 2.93. The molecule has 8 heteroatoms. The van der Waals surface area contributed by atoms with E-state index in [1.54, 1.807) is 10.9 Å². The average molecular weight is 262 g/mol. The number of aromatic amines is 1. The number of aromatic nitrogens is 4. The first-order chi connectivity index (χ1) is 7.61. The van der Waals surface area contributed by atoms with Crippen molar-refractivity contribution in [1.29, 1.82) is 0 Å². The zero-order valence-corrected chi connectivity index (χ0v) is 9.71. The number of carbonyl (C=O) groups excluding carboxylic acids is 1. The van der Waals surface area contributed by atoms with Gasteiger partial charge in [-0.3, -0.25) is 4.98 Å². The van der Waals surface area contributed by atoms with Crippen LogP contribution in [0.3, 0.4) is 0 Å². The Morgan fingerprint density at radius 1 is 1.56 bits per heavy atom. The molecule has 2 heterocycles. The quantitative estimate of drug-likeness (QED) is 0.374. The van der Waals surface area contributed by atoms with Gasteiger partial charge in [0.15, 0.2) is 18.0 Å². The Balaban J connectivity index is 2.51. The Bertz CT molecular complexity index is 554. The van der Waals surface area contributed by atoms with Crippen molar-refractivity contribution in [2.75, 3.05) is 7.11 Å². The van der Waals surface area contributed by atoms with E-state index < -0.39 is 5.97 Å². The predicted octanol–water partition coefficient (Wildman–Crippen LogP) is 0.725. The minimum Gasteiger partial charge on any atom is -0.467 e. The third-order valence-electron chi connectivity index (χ3n) is 1.98. The predicted molar refractivity (Wildman–Crippen MR) is 56.1 cm³/mol. The highest BCUT2D eigenvalue weighted by Crippen LogP contribution is 2.17. The lowest BCUT2D eigenvalue weighted by Crippen LogP contribution is -2.37. The molecule has 0 saturated heterocycles. The molecule has 0 unspecified atom stereocenters. The molecule has 0 aliphatic heterocycles. The van der Waals surface area contributed by atoms with Crippen LogP contribution in [0.5, 0.6) is 0 Å². The Morgan fingerprint density at radius 3 is 3.00 bits per heavy atom. The second-order valence-electron chi connectivity index (χ2n) is 2.96. The van der Waals surface area contributed by atoms with Gasteiger partial charge in [0.1, 0.15) is 0 Å². The Morgan fingerprint density at radius 2 is 2.31 bits per heavy atom. The number of hydrogen-bond donors (Lipinski definition) is 1. The van der Waals surface area contributed by atoms with Crippen LogP contribution in [0.1, 0.15) is 0 Å². The van der Waals surface area contributed by atoms with Gasteiger partial charge in [0, 0.05) is 0 Å². The van der Waals surface area contributed by atoms with E-state index >= 15 is 0 Å².